The Balaban J connectivity index is 2.22. The van der Waals surface area contributed by atoms with Gasteiger partial charge in [-0.1, -0.05) is 54.4 Å². The van der Waals surface area contributed by atoms with E-state index in [0.29, 0.717) is 0 Å². The van der Waals surface area contributed by atoms with Gasteiger partial charge in [0.05, 0.1) is 0 Å². The van der Waals surface area contributed by atoms with Gasteiger partial charge in [-0.25, -0.2) is 0 Å². The summed E-state index contributed by atoms with van der Waals surface area (Å²) in [6.45, 7) is 6.11. The normalized spacial score (nSPS) is 10.7. The third-order valence-electron chi connectivity index (χ3n) is 3.17. The van der Waals surface area contributed by atoms with Gasteiger partial charge in [0.15, 0.2) is 0 Å². The van der Waals surface area contributed by atoms with Crippen molar-refractivity contribution in [1.29, 1.82) is 0 Å². The van der Waals surface area contributed by atoms with Gasteiger partial charge in [-0.2, -0.15) is 0 Å². The highest BCUT2D eigenvalue weighted by atomic mass is 35.5. The highest BCUT2D eigenvalue weighted by Crippen LogP contribution is 2.25. The molecule has 2 aromatic rings. The highest BCUT2D eigenvalue weighted by Gasteiger charge is 2.03. The topological polar surface area (TPSA) is 12.0 Å². The second kappa shape index (κ2) is 6.74. The molecular formula is C17H20ClN. The fourth-order valence-electron chi connectivity index (χ4n) is 2.04. The monoisotopic (exact) mass is 273 g/mol. The first-order chi connectivity index (χ1) is 9.20. The first kappa shape index (κ1) is 14.1. The Bertz CT molecular complexity index is 531. The standard InChI is InChI=1S/C17H20ClN/c1-3-10-19-12-16-11-15(8-9-17(16)18)14-6-4-13(2)5-7-14/h4-9,11,19H,3,10,12H2,1-2H3. The molecule has 0 bridgehead atoms. The van der Waals surface area contributed by atoms with Crippen LogP contribution in [-0.2, 0) is 6.54 Å². The van der Waals surface area contributed by atoms with E-state index in [9.17, 15) is 0 Å². The lowest BCUT2D eigenvalue weighted by atomic mass is 10.0. The molecule has 0 radical (unpaired) electrons. The molecule has 0 saturated carbocycles. The quantitative estimate of drug-likeness (QED) is 0.771. The first-order valence-corrected chi connectivity index (χ1v) is 7.14. The maximum Gasteiger partial charge on any atom is 0.0451 e. The minimum Gasteiger partial charge on any atom is -0.313 e. The lowest BCUT2D eigenvalue weighted by Crippen LogP contribution is -2.14. The van der Waals surface area contributed by atoms with Gasteiger partial charge >= 0.3 is 0 Å². The molecule has 19 heavy (non-hydrogen) atoms. The maximum atomic E-state index is 6.25. The highest BCUT2D eigenvalue weighted by molar-refractivity contribution is 6.31. The number of rotatable bonds is 5. The number of aryl methyl sites for hydroxylation is 1. The van der Waals surface area contributed by atoms with Crippen LogP contribution in [0.25, 0.3) is 11.1 Å². The smallest absolute Gasteiger partial charge is 0.0451 e. The number of nitrogens with one attached hydrogen (secondary N) is 1. The molecule has 0 atom stereocenters. The van der Waals surface area contributed by atoms with E-state index in [1.165, 1.54) is 16.7 Å². The number of benzene rings is 2. The van der Waals surface area contributed by atoms with Crippen molar-refractivity contribution >= 4 is 11.6 Å². The molecule has 0 aliphatic carbocycles. The van der Waals surface area contributed by atoms with E-state index >= 15 is 0 Å². The van der Waals surface area contributed by atoms with Crippen LogP contribution in [0.3, 0.4) is 0 Å². The van der Waals surface area contributed by atoms with E-state index in [4.69, 9.17) is 11.6 Å². The van der Waals surface area contributed by atoms with Crippen LogP contribution in [0.1, 0.15) is 24.5 Å². The van der Waals surface area contributed by atoms with E-state index < -0.39 is 0 Å². The van der Waals surface area contributed by atoms with E-state index in [2.05, 4.69) is 55.6 Å². The first-order valence-electron chi connectivity index (χ1n) is 6.77. The second-order valence-corrected chi connectivity index (χ2v) is 5.26. The summed E-state index contributed by atoms with van der Waals surface area (Å²) in [5.41, 5.74) is 4.90. The molecule has 0 aromatic heterocycles. The number of hydrogen-bond acceptors (Lipinski definition) is 1. The Labute approximate surface area is 120 Å². The molecule has 2 aromatic carbocycles. The lowest BCUT2D eigenvalue weighted by Gasteiger charge is -2.09. The van der Waals surface area contributed by atoms with Crippen molar-refractivity contribution in [2.45, 2.75) is 26.8 Å². The van der Waals surface area contributed by atoms with Crippen molar-refractivity contribution in [2.75, 3.05) is 6.54 Å². The third-order valence-corrected chi connectivity index (χ3v) is 3.54. The Kier molecular flexibility index (Phi) is 5.00. The summed E-state index contributed by atoms with van der Waals surface area (Å²) < 4.78 is 0. The molecule has 1 nitrogen and oxygen atoms in total. The molecule has 0 aliphatic rings. The molecule has 0 heterocycles. The van der Waals surface area contributed by atoms with Crippen LogP contribution in [0.2, 0.25) is 5.02 Å². The van der Waals surface area contributed by atoms with E-state index in [1.807, 2.05) is 6.07 Å². The predicted molar refractivity (Wildman–Crippen MR) is 83.6 cm³/mol. The van der Waals surface area contributed by atoms with Gasteiger partial charge < -0.3 is 5.32 Å². The summed E-state index contributed by atoms with van der Waals surface area (Å²) in [6.07, 6.45) is 1.13. The summed E-state index contributed by atoms with van der Waals surface area (Å²) in [4.78, 5) is 0. The minimum absolute atomic E-state index is 0.826. The maximum absolute atomic E-state index is 6.25. The van der Waals surface area contributed by atoms with Crippen molar-refractivity contribution in [1.82, 2.24) is 5.32 Å². The molecule has 2 heteroatoms. The fourth-order valence-corrected chi connectivity index (χ4v) is 2.22. The molecule has 0 aliphatic heterocycles. The predicted octanol–water partition coefficient (Wildman–Crippen LogP) is 4.82. The van der Waals surface area contributed by atoms with Crippen LogP contribution in [-0.4, -0.2) is 6.54 Å². The average molecular weight is 274 g/mol. The summed E-state index contributed by atoms with van der Waals surface area (Å²) in [5.74, 6) is 0. The van der Waals surface area contributed by atoms with Crippen LogP contribution in [0.5, 0.6) is 0 Å². The second-order valence-electron chi connectivity index (χ2n) is 4.85. The van der Waals surface area contributed by atoms with E-state index in [1.54, 1.807) is 0 Å². The van der Waals surface area contributed by atoms with Crippen LogP contribution in [0.15, 0.2) is 42.5 Å². The van der Waals surface area contributed by atoms with Crippen molar-refractivity contribution in [3.05, 3.63) is 58.6 Å². The van der Waals surface area contributed by atoms with Crippen molar-refractivity contribution in [3.8, 4) is 11.1 Å². The van der Waals surface area contributed by atoms with E-state index in [0.717, 1.165) is 30.1 Å². The minimum atomic E-state index is 0.826. The van der Waals surface area contributed by atoms with Gasteiger partial charge in [0.2, 0.25) is 0 Å². The van der Waals surface area contributed by atoms with Gasteiger partial charge in [0, 0.05) is 11.6 Å². The van der Waals surface area contributed by atoms with Gasteiger partial charge in [0.25, 0.3) is 0 Å². The largest absolute Gasteiger partial charge is 0.313 e. The Morgan fingerprint density at radius 2 is 1.68 bits per heavy atom. The Morgan fingerprint density at radius 1 is 1.00 bits per heavy atom. The van der Waals surface area contributed by atoms with Crippen LogP contribution in [0.4, 0.5) is 0 Å². The number of halogens is 1. The zero-order valence-electron chi connectivity index (χ0n) is 11.5. The molecule has 100 valence electrons. The van der Waals surface area contributed by atoms with Crippen LogP contribution >= 0.6 is 11.6 Å². The van der Waals surface area contributed by atoms with Gasteiger partial charge in [-0.15, -0.1) is 0 Å². The zero-order valence-corrected chi connectivity index (χ0v) is 12.3. The van der Waals surface area contributed by atoms with E-state index in [-0.39, 0.29) is 0 Å². The summed E-state index contributed by atoms with van der Waals surface area (Å²) >= 11 is 6.25. The third kappa shape index (κ3) is 3.82. The molecule has 1 N–H and O–H groups in total. The average Bonchev–Trinajstić information content (AvgIpc) is 2.42. The van der Waals surface area contributed by atoms with Gasteiger partial charge in [0.1, 0.15) is 0 Å². The van der Waals surface area contributed by atoms with Crippen molar-refractivity contribution < 1.29 is 0 Å². The lowest BCUT2D eigenvalue weighted by molar-refractivity contribution is 0.676. The molecule has 0 spiro atoms. The van der Waals surface area contributed by atoms with Crippen LogP contribution in [0, 0.1) is 6.92 Å². The Morgan fingerprint density at radius 3 is 2.37 bits per heavy atom. The molecule has 2 rings (SSSR count). The molecule has 0 unspecified atom stereocenters. The van der Waals surface area contributed by atoms with Crippen molar-refractivity contribution in [3.63, 3.8) is 0 Å². The molecule has 0 saturated heterocycles. The zero-order chi connectivity index (χ0) is 13.7. The SMILES string of the molecule is CCCNCc1cc(-c2ccc(C)cc2)ccc1Cl. The van der Waals surface area contributed by atoms with Gasteiger partial charge in [-0.3, -0.25) is 0 Å². The summed E-state index contributed by atoms with van der Waals surface area (Å²) in [7, 11) is 0. The van der Waals surface area contributed by atoms with Gasteiger partial charge in [-0.05, 0) is 48.7 Å². The Hall–Kier alpha value is -1.31. The molecular weight excluding hydrogens is 254 g/mol. The number of hydrogen-bond donors (Lipinski definition) is 1. The van der Waals surface area contributed by atoms with Crippen molar-refractivity contribution in [2.24, 2.45) is 0 Å². The summed E-state index contributed by atoms with van der Waals surface area (Å²) in [5, 5.41) is 4.23. The molecule has 0 amide bonds. The summed E-state index contributed by atoms with van der Waals surface area (Å²) in [6, 6.07) is 14.8. The molecule has 0 fully saturated rings. The van der Waals surface area contributed by atoms with Crippen LogP contribution < -0.4 is 5.32 Å². The fraction of sp³-hybridized carbons (Fsp3) is 0.294.